The van der Waals surface area contributed by atoms with Crippen molar-refractivity contribution in [3.05, 3.63) is 0 Å². The van der Waals surface area contributed by atoms with Crippen molar-refractivity contribution in [2.75, 3.05) is 11.5 Å². The number of fused-ring (bicyclic) bond motifs is 3. The fourth-order valence-electron chi connectivity index (χ4n) is 5.31. The van der Waals surface area contributed by atoms with E-state index in [0.717, 1.165) is 25.7 Å². The Bertz CT molecular complexity index is 456. The summed E-state index contributed by atoms with van der Waals surface area (Å²) in [6.45, 7) is 4.36. The predicted octanol–water partition coefficient (Wildman–Crippen LogP) is 2.70. The predicted molar refractivity (Wildman–Crippen MR) is 87.3 cm³/mol. The van der Waals surface area contributed by atoms with Crippen LogP contribution in [0.4, 0.5) is 0 Å². The van der Waals surface area contributed by atoms with Gasteiger partial charge in [-0.2, -0.15) is 0 Å². The molecule has 3 fully saturated rings. The molecule has 0 aromatic rings. The van der Waals surface area contributed by atoms with Crippen molar-refractivity contribution in [1.82, 2.24) is 0 Å². The van der Waals surface area contributed by atoms with Gasteiger partial charge < -0.3 is 14.6 Å². The summed E-state index contributed by atoms with van der Waals surface area (Å²) in [5.41, 5.74) is -1.52. The second-order valence-electron chi connectivity index (χ2n) is 7.36. The van der Waals surface area contributed by atoms with Gasteiger partial charge in [-0.05, 0) is 38.0 Å². The van der Waals surface area contributed by atoms with Crippen LogP contribution in [0, 0.1) is 16.7 Å². The van der Waals surface area contributed by atoms with Gasteiger partial charge in [0.2, 0.25) is 0 Å². The van der Waals surface area contributed by atoms with Gasteiger partial charge >= 0.3 is 5.97 Å². The molecule has 1 N–H and O–H groups in total. The van der Waals surface area contributed by atoms with Crippen molar-refractivity contribution in [2.24, 2.45) is 16.7 Å². The number of methoxy groups -OCH3 is 1. The zero-order valence-electron chi connectivity index (χ0n) is 13.0. The van der Waals surface area contributed by atoms with Gasteiger partial charge in [-0.25, -0.2) is 0 Å². The monoisotopic (exact) mass is 408 g/mol. The van der Waals surface area contributed by atoms with E-state index in [1.165, 1.54) is 7.11 Å². The molecule has 3 aliphatic rings. The quantitative estimate of drug-likeness (QED) is 0.434. The summed E-state index contributed by atoms with van der Waals surface area (Å²) in [7, 11) is 1.48. The first-order chi connectivity index (χ1) is 9.88. The maximum atomic E-state index is 12.8. The molecule has 3 rings (SSSR count). The van der Waals surface area contributed by atoms with E-state index in [2.05, 4.69) is 36.4 Å². The molecule has 1 saturated heterocycles. The maximum absolute atomic E-state index is 12.8. The molecule has 0 bridgehead atoms. The first-order valence-electron chi connectivity index (χ1n) is 7.88. The van der Waals surface area contributed by atoms with Crippen molar-refractivity contribution in [1.29, 1.82) is 0 Å². The molecule has 21 heavy (non-hydrogen) atoms. The molecule has 2 aliphatic carbocycles. The molecule has 0 radical (unpaired) electrons. The van der Waals surface area contributed by atoms with Gasteiger partial charge in [-0.1, -0.05) is 36.4 Å². The molecular formula is C16H25IO4. The highest BCUT2D eigenvalue weighted by molar-refractivity contribution is 14.1. The molecule has 0 unspecified atom stereocenters. The van der Waals surface area contributed by atoms with Crippen molar-refractivity contribution >= 4 is 28.6 Å². The fraction of sp³-hybridized carbons (Fsp3) is 0.938. The van der Waals surface area contributed by atoms with E-state index >= 15 is 0 Å². The fourth-order valence-corrected chi connectivity index (χ4v) is 6.84. The molecule has 0 aromatic heterocycles. The molecule has 120 valence electrons. The van der Waals surface area contributed by atoms with Crippen LogP contribution in [0.1, 0.15) is 46.0 Å². The molecule has 6 atom stereocenters. The Balaban J connectivity index is 2.14. The molecule has 0 spiro atoms. The topological polar surface area (TPSA) is 55.8 Å². The second kappa shape index (κ2) is 5.06. The van der Waals surface area contributed by atoms with E-state index in [9.17, 15) is 9.90 Å². The number of aliphatic hydroxyl groups is 1. The smallest absolute Gasteiger partial charge is 0.315 e. The van der Waals surface area contributed by atoms with Crippen LogP contribution in [0.15, 0.2) is 0 Å². The highest BCUT2D eigenvalue weighted by Crippen LogP contribution is 2.70. The first-order valence-corrected chi connectivity index (χ1v) is 9.41. The minimum atomic E-state index is -0.601. The summed E-state index contributed by atoms with van der Waals surface area (Å²) >= 11 is 2.31. The lowest BCUT2D eigenvalue weighted by Crippen LogP contribution is -2.57. The Kier molecular flexibility index (Phi) is 3.86. The van der Waals surface area contributed by atoms with Crippen molar-refractivity contribution in [3.8, 4) is 0 Å². The highest BCUT2D eigenvalue weighted by Gasteiger charge is 2.78. The summed E-state index contributed by atoms with van der Waals surface area (Å²) in [4.78, 5) is 12.8. The van der Waals surface area contributed by atoms with Crippen molar-refractivity contribution < 1.29 is 19.4 Å². The molecule has 5 heteroatoms. The maximum Gasteiger partial charge on any atom is 0.315 e. The Morgan fingerprint density at radius 2 is 2.14 bits per heavy atom. The third kappa shape index (κ3) is 1.71. The minimum absolute atomic E-state index is 0.122. The average molecular weight is 408 g/mol. The first kappa shape index (κ1) is 16.0. The Morgan fingerprint density at radius 3 is 2.76 bits per heavy atom. The number of hydrogen-bond donors (Lipinski definition) is 1. The van der Waals surface area contributed by atoms with Gasteiger partial charge in [0.25, 0.3) is 0 Å². The number of carbonyl (C=O) groups excluding carboxylic acids is 1. The third-order valence-corrected chi connectivity index (χ3v) is 7.81. The standard InChI is InChI=1S/C16H25IO4/c1-10-4-7-15(13(19)20-3)12(8-10)21-16(9-17)11(18)5-6-14(15,16)2/h10-12,18H,4-9H2,1-3H3/t10-,11+,12-,14-,15+,16-/m0/s1. The Hall–Kier alpha value is 0.120. The Morgan fingerprint density at radius 1 is 1.43 bits per heavy atom. The van der Waals surface area contributed by atoms with Crippen LogP contribution < -0.4 is 0 Å². The summed E-state index contributed by atoms with van der Waals surface area (Å²) in [5, 5.41) is 10.6. The van der Waals surface area contributed by atoms with Crippen LogP contribution in [0.2, 0.25) is 0 Å². The van der Waals surface area contributed by atoms with Crippen LogP contribution in [-0.2, 0) is 14.3 Å². The van der Waals surface area contributed by atoms with Gasteiger partial charge in [0.15, 0.2) is 0 Å². The summed E-state index contributed by atoms with van der Waals surface area (Å²) in [5.74, 6) is 0.418. The van der Waals surface area contributed by atoms with Crippen LogP contribution in [0.25, 0.3) is 0 Å². The lowest BCUT2D eigenvalue weighted by Gasteiger charge is -2.47. The third-order valence-electron chi connectivity index (χ3n) is 6.67. The van der Waals surface area contributed by atoms with Gasteiger partial charge in [0, 0.05) is 9.84 Å². The normalized spacial score (nSPS) is 52.3. The summed E-state index contributed by atoms with van der Waals surface area (Å²) < 4.78 is 12.4. The average Bonchev–Trinajstić information content (AvgIpc) is 2.85. The zero-order valence-corrected chi connectivity index (χ0v) is 15.2. The number of carbonyl (C=O) groups is 1. The number of aliphatic hydroxyl groups excluding tert-OH is 1. The molecular weight excluding hydrogens is 383 g/mol. The number of hydrogen-bond acceptors (Lipinski definition) is 4. The molecule has 1 heterocycles. The van der Waals surface area contributed by atoms with Gasteiger partial charge in [0.1, 0.15) is 11.0 Å². The van der Waals surface area contributed by atoms with E-state index in [0.29, 0.717) is 16.8 Å². The SMILES string of the molecule is COC(=O)[C@@]12CC[C@H](C)C[C@@H]1O[C@@]1(CI)[C@H](O)CC[C@]12C. The second-order valence-corrected chi connectivity index (χ2v) is 8.12. The highest BCUT2D eigenvalue weighted by atomic mass is 127. The van der Waals surface area contributed by atoms with Crippen LogP contribution in [0.5, 0.6) is 0 Å². The number of alkyl halides is 1. The largest absolute Gasteiger partial charge is 0.468 e. The van der Waals surface area contributed by atoms with Gasteiger partial charge in [0.05, 0.1) is 19.3 Å². The summed E-state index contributed by atoms with van der Waals surface area (Å²) in [6, 6.07) is 0. The number of rotatable bonds is 2. The van der Waals surface area contributed by atoms with E-state index in [1.54, 1.807) is 0 Å². The molecule has 0 aromatic carbocycles. The molecule has 4 nitrogen and oxygen atoms in total. The Labute approximate surface area is 140 Å². The van der Waals surface area contributed by atoms with Crippen molar-refractivity contribution in [2.45, 2.75) is 63.8 Å². The molecule has 2 saturated carbocycles. The van der Waals surface area contributed by atoms with Crippen LogP contribution in [-0.4, -0.2) is 40.4 Å². The molecule has 0 amide bonds. The summed E-state index contributed by atoms with van der Waals surface area (Å²) in [6.07, 6.45) is 3.66. The van der Waals surface area contributed by atoms with Crippen LogP contribution in [0.3, 0.4) is 0 Å². The lowest BCUT2D eigenvalue weighted by atomic mass is 9.53. The van der Waals surface area contributed by atoms with Gasteiger partial charge in [-0.3, -0.25) is 4.79 Å². The van der Waals surface area contributed by atoms with E-state index < -0.39 is 17.1 Å². The van der Waals surface area contributed by atoms with E-state index in [-0.39, 0.29) is 17.5 Å². The number of ether oxygens (including phenoxy) is 2. The van der Waals surface area contributed by atoms with E-state index in [1.807, 2.05) is 0 Å². The lowest BCUT2D eigenvalue weighted by molar-refractivity contribution is -0.167. The number of halogens is 1. The van der Waals surface area contributed by atoms with Gasteiger partial charge in [-0.15, -0.1) is 0 Å². The molecule has 1 aliphatic heterocycles. The zero-order chi connectivity index (χ0) is 15.5. The van der Waals surface area contributed by atoms with Crippen LogP contribution >= 0.6 is 22.6 Å². The van der Waals surface area contributed by atoms with E-state index in [4.69, 9.17) is 9.47 Å². The van der Waals surface area contributed by atoms with Crippen molar-refractivity contribution in [3.63, 3.8) is 0 Å². The number of esters is 1. The minimum Gasteiger partial charge on any atom is -0.468 e.